The zero-order valence-electron chi connectivity index (χ0n) is 11.5. The molecule has 1 unspecified atom stereocenters. The molecule has 1 aromatic heterocycles. The van der Waals surface area contributed by atoms with Gasteiger partial charge in [0.25, 0.3) is 0 Å². The van der Waals surface area contributed by atoms with Gasteiger partial charge < -0.3 is 20.5 Å². The van der Waals surface area contributed by atoms with Crippen molar-refractivity contribution in [3.63, 3.8) is 0 Å². The average molecular weight is 307 g/mol. The van der Waals surface area contributed by atoms with Crippen molar-refractivity contribution in [3.8, 4) is 11.5 Å². The van der Waals surface area contributed by atoms with Crippen LogP contribution < -0.4 is 20.5 Å². The van der Waals surface area contributed by atoms with E-state index in [0.717, 1.165) is 23.5 Å². The number of ether oxygens (including phenoxy) is 2. The largest absolute Gasteiger partial charge is 0.497 e. The fourth-order valence-corrected chi connectivity index (χ4v) is 2.52. The van der Waals surface area contributed by atoms with Crippen LogP contribution in [-0.4, -0.2) is 23.7 Å². The topological polar surface area (TPSA) is 82.3 Å². The molecule has 2 aromatic rings. The van der Waals surface area contributed by atoms with Gasteiger partial charge in [-0.3, -0.25) is 0 Å². The third kappa shape index (κ3) is 2.95. The molecule has 3 rings (SSSR count). The van der Waals surface area contributed by atoms with Crippen LogP contribution >= 0.6 is 11.6 Å². The van der Waals surface area contributed by atoms with Gasteiger partial charge in [0.05, 0.1) is 19.8 Å². The van der Waals surface area contributed by atoms with Gasteiger partial charge >= 0.3 is 0 Å². The van der Waals surface area contributed by atoms with Crippen LogP contribution in [0, 0.1) is 0 Å². The maximum Gasteiger partial charge on any atom is 0.223 e. The van der Waals surface area contributed by atoms with Crippen LogP contribution in [0.5, 0.6) is 11.5 Å². The highest BCUT2D eigenvalue weighted by atomic mass is 35.5. The number of nitrogens with zero attached hydrogens (tertiary/aromatic N) is 2. The van der Waals surface area contributed by atoms with Gasteiger partial charge in [0.15, 0.2) is 0 Å². The maximum absolute atomic E-state index is 5.90. The molecular weight excluding hydrogens is 292 g/mol. The Morgan fingerprint density at radius 2 is 2.24 bits per heavy atom. The summed E-state index contributed by atoms with van der Waals surface area (Å²) in [6.45, 7) is 0.617. The Morgan fingerprint density at radius 1 is 1.38 bits per heavy atom. The summed E-state index contributed by atoms with van der Waals surface area (Å²) < 4.78 is 10.9. The van der Waals surface area contributed by atoms with E-state index in [1.807, 2.05) is 18.2 Å². The summed E-state index contributed by atoms with van der Waals surface area (Å²) in [5.41, 5.74) is 6.66. The number of hydrogen-bond donors (Lipinski definition) is 2. The first-order valence-corrected chi connectivity index (χ1v) is 6.91. The molecule has 6 nitrogen and oxygen atoms in total. The van der Waals surface area contributed by atoms with E-state index in [-0.39, 0.29) is 12.0 Å². The Kier molecular flexibility index (Phi) is 3.70. The van der Waals surface area contributed by atoms with Crippen molar-refractivity contribution in [1.82, 2.24) is 9.97 Å². The summed E-state index contributed by atoms with van der Waals surface area (Å²) in [7, 11) is 1.63. The maximum atomic E-state index is 5.90. The second-order valence-electron chi connectivity index (χ2n) is 4.67. The molecule has 0 bridgehead atoms. The SMILES string of the molecule is COc1ccc2c(c1)OCCC2Nc1cc(Cl)nc(N)n1. The minimum atomic E-state index is 0.0741. The Hall–Kier alpha value is -2.21. The highest BCUT2D eigenvalue weighted by Gasteiger charge is 2.22. The monoisotopic (exact) mass is 306 g/mol. The second kappa shape index (κ2) is 5.65. The van der Waals surface area contributed by atoms with Crippen LogP contribution in [0.1, 0.15) is 18.0 Å². The van der Waals surface area contributed by atoms with Crippen molar-refractivity contribution in [3.05, 3.63) is 35.0 Å². The number of nitrogens with two attached hydrogens (primary N) is 1. The number of benzene rings is 1. The van der Waals surface area contributed by atoms with Gasteiger partial charge in [-0.05, 0) is 12.1 Å². The molecule has 0 spiro atoms. The van der Waals surface area contributed by atoms with Gasteiger partial charge in [-0.15, -0.1) is 0 Å². The second-order valence-corrected chi connectivity index (χ2v) is 5.06. The van der Waals surface area contributed by atoms with Crippen LogP contribution in [0.25, 0.3) is 0 Å². The van der Waals surface area contributed by atoms with Crippen molar-refractivity contribution < 1.29 is 9.47 Å². The zero-order valence-corrected chi connectivity index (χ0v) is 12.2. The van der Waals surface area contributed by atoms with Gasteiger partial charge in [0.1, 0.15) is 22.5 Å². The number of rotatable bonds is 3. The summed E-state index contributed by atoms with van der Waals surface area (Å²) in [6.07, 6.45) is 0.820. The number of anilines is 2. The van der Waals surface area contributed by atoms with E-state index in [1.165, 1.54) is 0 Å². The molecule has 2 heterocycles. The Balaban J connectivity index is 1.88. The third-order valence-corrected chi connectivity index (χ3v) is 3.49. The normalized spacial score (nSPS) is 16.8. The lowest BCUT2D eigenvalue weighted by molar-refractivity contribution is 0.272. The average Bonchev–Trinajstić information content (AvgIpc) is 2.46. The predicted octanol–water partition coefficient (Wildman–Crippen LogP) is 2.66. The lowest BCUT2D eigenvalue weighted by Crippen LogP contribution is -2.21. The lowest BCUT2D eigenvalue weighted by Gasteiger charge is -2.27. The first kappa shape index (κ1) is 13.8. The van der Waals surface area contributed by atoms with Crippen LogP contribution in [0.15, 0.2) is 24.3 Å². The molecule has 0 saturated heterocycles. The minimum Gasteiger partial charge on any atom is -0.497 e. The number of hydrogen-bond acceptors (Lipinski definition) is 6. The van der Waals surface area contributed by atoms with E-state index in [0.29, 0.717) is 17.6 Å². The van der Waals surface area contributed by atoms with Crippen molar-refractivity contribution in [2.45, 2.75) is 12.5 Å². The lowest BCUT2D eigenvalue weighted by atomic mass is 10.0. The molecule has 0 saturated carbocycles. The molecule has 7 heteroatoms. The van der Waals surface area contributed by atoms with E-state index in [1.54, 1.807) is 13.2 Å². The predicted molar refractivity (Wildman–Crippen MR) is 80.9 cm³/mol. The summed E-state index contributed by atoms with van der Waals surface area (Å²) >= 11 is 5.90. The van der Waals surface area contributed by atoms with Gasteiger partial charge in [-0.1, -0.05) is 11.6 Å². The van der Waals surface area contributed by atoms with Crippen LogP contribution in [0.3, 0.4) is 0 Å². The summed E-state index contributed by atoms with van der Waals surface area (Å²) in [6, 6.07) is 7.49. The Labute approximate surface area is 127 Å². The van der Waals surface area contributed by atoms with E-state index < -0.39 is 0 Å². The van der Waals surface area contributed by atoms with Gasteiger partial charge in [0.2, 0.25) is 5.95 Å². The highest BCUT2D eigenvalue weighted by Crippen LogP contribution is 2.36. The molecule has 0 amide bonds. The highest BCUT2D eigenvalue weighted by molar-refractivity contribution is 6.29. The number of nitrogens with one attached hydrogen (secondary N) is 1. The number of halogens is 1. The van der Waals surface area contributed by atoms with Gasteiger partial charge in [0, 0.05) is 24.1 Å². The fourth-order valence-electron chi connectivity index (χ4n) is 2.33. The number of fused-ring (bicyclic) bond motifs is 1. The number of aromatic nitrogens is 2. The van der Waals surface area contributed by atoms with Crippen molar-refractivity contribution in [2.24, 2.45) is 0 Å². The zero-order chi connectivity index (χ0) is 14.8. The Bertz CT molecular complexity index is 645. The van der Waals surface area contributed by atoms with E-state index in [4.69, 9.17) is 26.8 Å². The van der Waals surface area contributed by atoms with Crippen LogP contribution in [0.2, 0.25) is 5.15 Å². The molecule has 1 atom stereocenters. The molecule has 21 heavy (non-hydrogen) atoms. The molecular formula is C14H15ClN4O2. The fraction of sp³-hybridized carbons (Fsp3) is 0.286. The van der Waals surface area contributed by atoms with E-state index >= 15 is 0 Å². The quantitative estimate of drug-likeness (QED) is 0.848. The number of methoxy groups -OCH3 is 1. The van der Waals surface area contributed by atoms with Crippen molar-refractivity contribution in [1.29, 1.82) is 0 Å². The third-order valence-electron chi connectivity index (χ3n) is 3.29. The summed E-state index contributed by atoms with van der Waals surface area (Å²) in [5, 5.41) is 3.63. The minimum absolute atomic E-state index is 0.0741. The van der Waals surface area contributed by atoms with Gasteiger partial charge in [-0.2, -0.15) is 4.98 Å². The molecule has 3 N–H and O–H groups in total. The van der Waals surface area contributed by atoms with Crippen molar-refractivity contribution in [2.75, 3.05) is 24.8 Å². The standard InChI is InChI=1S/C14H15ClN4O2/c1-20-8-2-3-9-10(4-5-21-11(9)6-8)17-13-7-12(15)18-14(16)19-13/h2-3,6-7,10H,4-5H2,1H3,(H3,16,17,18,19). The molecule has 0 fully saturated rings. The Morgan fingerprint density at radius 3 is 3.00 bits per heavy atom. The van der Waals surface area contributed by atoms with Crippen LogP contribution in [0.4, 0.5) is 11.8 Å². The van der Waals surface area contributed by atoms with E-state index in [9.17, 15) is 0 Å². The van der Waals surface area contributed by atoms with Crippen molar-refractivity contribution >= 4 is 23.4 Å². The van der Waals surface area contributed by atoms with E-state index in [2.05, 4.69) is 15.3 Å². The van der Waals surface area contributed by atoms with Gasteiger partial charge in [-0.25, -0.2) is 4.98 Å². The molecule has 1 aliphatic rings. The summed E-state index contributed by atoms with van der Waals surface area (Å²) in [4.78, 5) is 7.99. The molecule has 110 valence electrons. The smallest absolute Gasteiger partial charge is 0.223 e. The number of nitrogen functional groups attached to an aromatic ring is 1. The van der Waals surface area contributed by atoms with Crippen LogP contribution in [-0.2, 0) is 0 Å². The first-order valence-electron chi connectivity index (χ1n) is 6.53. The molecule has 0 radical (unpaired) electrons. The molecule has 1 aromatic carbocycles. The first-order chi connectivity index (χ1) is 10.2. The molecule has 1 aliphatic heterocycles. The molecule has 0 aliphatic carbocycles. The summed E-state index contributed by atoms with van der Waals surface area (Å²) in [5.74, 6) is 2.32.